The molecule has 0 aliphatic heterocycles. The van der Waals surface area contributed by atoms with E-state index in [1.165, 1.54) is 12.8 Å². The number of esters is 2. The predicted octanol–water partition coefficient (Wildman–Crippen LogP) is 5.61. The molecule has 1 aliphatic carbocycles. The van der Waals surface area contributed by atoms with Gasteiger partial charge in [0.05, 0.1) is 23.1 Å². The van der Waals surface area contributed by atoms with Gasteiger partial charge < -0.3 is 14.6 Å². The molecule has 0 bridgehead atoms. The molecule has 6 heteroatoms. The minimum absolute atomic E-state index is 0.145. The normalized spacial score (nSPS) is 15.9. The van der Waals surface area contributed by atoms with Gasteiger partial charge in [-0.25, -0.2) is 9.59 Å². The third kappa shape index (κ3) is 6.91. The summed E-state index contributed by atoms with van der Waals surface area (Å²) in [5.74, 6) is -1.62. The van der Waals surface area contributed by atoms with E-state index in [4.69, 9.17) is 9.47 Å². The van der Waals surface area contributed by atoms with Crippen LogP contribution >= 0.6 is 0 Å². The van der Waals surface area contributed by atoms with Crippen LogP contribution in [-0.2, 0) is 22.4 Å². The fourth-order valence-corrected chi connectivity index (χ4v) is 4.08. The Kier molecular flexibility index (Phi) is 8.64. The number of unbranched alkanes of at least 4 members (excludes halogenated alkanes) is 3. The summed E-state index contributed by atoms with van der Waals surface area (Å²) in [4.78, 5) is 36.1. The molecule has 0 fully saturated rings. The van der Waals surface area contributed by atoms with Gasteiger partial charge in [-0.15, -0.1) is 0 Å². The summed E-state index contributed by atoms with van der Waals surface area (Å²) in [5.41, 5.74) is 2.73. The molecule has 1 aliphatic rings. The number of fused-ring (bicyclic) bond motifs is 1. The Morgan fingerprint density at radius 2 is 1.67 bits per heavy atom. The topological polar surface area (TPSA) is 89.9 Å². The first-order valence-electron chi connectivity index (χ1n) is 11.7. The van der Waals surface area contributed by atoms with E-state index in [2.05, 4.69) is 6.92 Å². The number of ether oxygens (including phenoxy) is 2. The summed E-state index contributed by atoms with van der Waals surface area (Å²) >= 11 is 0. The summed E-state index contributed by atoms with van der Waals surface area (Å²) in [5, 5.41) is 9.21. The first-order valence-corrected chi connectivity index (χ1v) is 11.7. The number of carbonyl (C=O) groups is 3. The molecule has 0 radical (unpaired) electrons. The van der Waals surface area contributed by atoms with Crippen LogP contribution in [0.1, 0.15) is 84.2 Å². The Morgan fingerprint density at radius 1 is 0.970 bits per heavy atom. The Balaban J connectivity index is 1.54. The smallest absolute Gasteiger partial charge is 0.343 e. The van der Waals surface area contributed by atoms with Crippen molar-refractivity contribution in [1.29, 1.82) is 0 Å². The molecule has 0 heterocycles. The highest BCUT2D eigenvalue weighted by Gasteiger charge is 2.24. The number of carboxylic acids is 1. The van der Waals surface area contributed by atoms with E-state index in [-0.39, 0.29) is 12.0 Å². The van der Waals surface area contributed by atoms with Gasteiger partial charge in [-0.05, 0) is 86.6 Å². The second-order valence-corrected chi connectivity index (χ2v) is 8.74. The summed E-state index contributed by atoms with van der Waals surface area (Å²) in [6.45, 7) is 4.06. The molecule has 0 saturated heterocycles. The number of hydrogen-bond acceptors (Lipinski definition) is 5. The van der Waals surface area contributed by atoms with Gasteiger partial charge in [0.1, 0.15) is 5.75 Å². The van der Waals surface area contributed by atoms with Crippen molar-refractivity contribution in [2.75, 3.05) is 0 Å². The van der Waals surface area contributed by atoms with E-state index < -0.39 is 17.9 Å². The lowest BCUT2D eigenvalue weighted by Crippen LogP contribution is -2.22. The van der Waals surface area contributed by atoms with Crippen LogP contribution in [0.15, 0.2) is 42.5 Å². The van der Waals surface area contributed by atoms with Crippen molar-refractivity contribution in [1.82, 2.24) is 0 Å². The zero-order chi connectivity index (χ0) is 23.8. The van der Waals surface area contributed by atoms with Crippen LogP contribution in [0.25, 0.3) is 0 Å². The Hall–Kier alpha value is -3.15. The zero-order valence-corrected chi connectivity index (χ0v) is 19.3. The van der Waals surface area contributed by atoms with Crippen LogP contribution in [0, 0.1) is 5.92 Å². The van der Waals surface area contributed by atoms with Crippen molar-refractivity contribution in [3.05, 3.63) is 64.7 Å². The molecule has 0 aromatic heterocycles. The monoisotopic (exact) mass is 452 g/mol. The third-order valence-electron chi connectivity index (χ3n) is 6.09. The van der Waals surface area contributed by atoms with Crippen LogP contribution in [0.4, 0.5) is 0 Å². The van der Waals surface area contributed by atoms with E-state index >= 15 is 0 Å². The van der Waals surface area contributed by atoms with Gasteiger partial charge in [-0.2, -0.15) is 0 Å². The first-order chi connectivity index (χ1) is 15.9. The predicted molar refractivity (Wildman–Crippen MR) is 125 cm³/mol. The number of aryl methyl sites for hydroxylation is 1. The molecule has 33 heavy (non-hydrogen) atoms. The molecule has 6 nitrogen and oxygen atoms in total. The van der Waals surface area contributed by atoms with E-state index in [1.807, 2.05) is 13.0 Å². The highest BCUT2D eigenvalue weighted by Crippen LogP contribution is 2.29. The summed E-state index contributed by atoms with van der Waals surface area (Å²) < 4.78 is 11.0. The van der Waals surface area contributed by atoms with Crippen LogP contribution in [0.5, 0.6) is 5.75 Å². The molecule has 2 atom stereocenters. The maximum atomic E-state index is 12.5. The van der Waals surface area contributed by atoms with Gasteiger partial charge in [-0.1, -0.05) is 32.3 Å². The number of carboxylic acid groups (broad SMARTS) is 1. The number of hydrogen-bond donors (Lipinski definition) is 1. The fourth-order valence-electron chi connectivity index (χ4n) is 4.08. The van der Waals surface area contributed by atoms with Crippen LogP contribution < -0.4 is 4.74 Å². The second-order valence-electron chi connectivity index (χ2n) is 8.74. The van der Waals surface area contributed by atoms with Crippen molar-refractivity contribution in [2.45, 2.75) is 71.3 Å². The van der Waals surface area contributed by atoms with E-state index in [1.54, 1.807) is 36.4 Å². The summed E-state index contributed by atoms with van der Waals surface area (Å²) in [6.07, 6.45) is 6.95. The number of rotatable bonds is 10. The largest absolute Gasteiger partial charge is 0.481 e. The molecule has 0 spiro atoms. The lowest BCUT2D eigenvalue weighted by atomic mass is 9.84. The van der Waals surface area contributed by atoms with Crippen molar-refractivity contribution in [3.8, 4) is 5.75 Å². The molecular weight excluding hydrogens is 420 g/mol. The lowest BCUT2D eigenvalue weighted by Gasteiger charge is -2.21. The van der Waals surface area contributed by atoms with Gasteiger partial charge in [0.15, 0.2) is 0 Å². The molecule has 0 saturated carbocycles. The lowest BCUT2D eigenvalue weighted by molar-refractivity contribution is -0.142. The molecule has 176 valence electrons. The fraction of sp³-hybridized carbons (Fsp3) is 0.444. The highest BCUT2D eigenvalue weighted by molar-refractivity contribution is 5.94. The van der Waals surface area contributed by atoms with Crippen LogP contribution in [0.2, 0.25) is 0 Å². The minimum Gasteiger partial charge on any atom is -0.481 e. The van der Waals surface area contributed by atoms with E-state index in [9.17, 15) is 19.5 Å². The van der Waals surface area contributed by atoms with Crippen LogP contribution in [0.3, 0.4) is 0 Å². The second kappa shape index (κ2) is 11.6. The quantitative estimate of drug-likeness (QED) is 0.286. The van der Waals surface area contributed by atoms with E-state index in [0.29, 0.717) is 36.1 Å². The van der Waals surface area contributed by atoms with E-state index in [0.717, 1.165) is 30.4 Å². The SMILES string of the molecule is CCCCCC[C@@H](C)OC(=O)c1ccc(C(=O)Oc2ccc3c(c2)CCC(C(=O)O)C3)cc1. The average Bonchev–Trinajstić information content (AvgIpc) is 2.81. The maximum absolute atomic E-state index is 12.5. The molecule has 3 rings (SSSR count). The Morgan fingerprint density at radius 3 is 2.33 bits per heavy atom. The zero-order valence-electron chi connectivity index (χ0n) is 19.3. The Labute approximate surface area is 194 Å². The van der Waals surface area contributed by atoms with Crippen LogP contribution in [-0.4, -0.2) is 29.1 Å². The van der Waals surface area contributed by atoms with Crippen molar-refractivity contribution >= 4 is 17.9 Å². The third-order valence-corrected chi connectivity index (χ3v) is 6.09. The average molecular weight is 453 g/mol. The van der Waals surface area contributed by atoms with Gasteiger partial charge >= 0.3 is 17.9 Å². The van der Waals surface area contributed by atoms with Crippen molar-refractivity contribution < 1.29 is 29.0 Å². The van der Waals surface area contributed by atoms with Gasteiger partial charge in [0.2, 0.25) is 0 Å². The molecule has 1 N–H and O–H groups in total. The number of aliphatic carboxylic acids is 1. The summed E-state index contributed by atoms with van der Waals surface area (Å²) in [7, 11) is 0. The minimum atomic E-state index is -0.773. The van der Waals surface area contributed by atoms with Crippen molar-refractivity contribution in [2.24, 2.45) is 5.92 Å². The standard InChI is InChI=1S/C27H32O6/c1-3-4-5-6-7-18(2)32-26(30)19-8-10-20(11-9-19)27(31)33-24-15-14-21-16-23(25(28)29)13-12-22(21)17-24/h8-11,14-15,17-18,23H,3-7,12-13,16H2,1-2H3,(H,28,29)/t18-,23?/m1/s1. The van der Waals surface area contributed by atoms with Crippen molar-refractivity contribution in [3.63, 3.8) is 0 Å². The highest BCUT2D eigenvalue weighted by atomic mass is 16.5. The molecule has 0 amide bonds. The van der Waals surface area contributed by atoms with Gasteiger partial charge in [0.25, 0.3) is 0 Å². The molecule has 2 aromatic carbocycles. The first kappa shape index (κ1) is 24.5. The Bertz CT molecular complexity index is 979. The van der Waals surface area contributed by atoms with Gasteiger partial charge in [0, 0.05) is 0 Å². The number of carbonyl (C=O) groups excluding carboxylic acids is 2. The summed E-state index contributed by atoms with van der Waals surface area (Å²) in [6, 6.07) is 11.6. The molecular formula is C27H32O6. The molecule has 2 aromatic rings. The molecule has 1 unspecified atom stereocenters. The number of benzene rings is 2. The van der Waals surface area contributed by atoms with Gasteiger partial charge in [-0.3, -0.25) is 4.79 Å². The maximum Gasteiger partial charge on any atom is 0.343 e.